The Labute approximate surface area is 175 Å². The van der Waals surface area contributed by atoms with E-state index < -0.39 is 5.60 Å². The summed E-state index contributed by atoms with van der Waals surface area (Å²) in [7, 11) is 0. The molecule has 5 nitrogen and oxygen atoms in total. The molecular weight excluding hydrogens is 386 g/mol. The molecule has 29 heavy (non-hydrogen) atoms. The van der Waals surface area contributed by atoms with Crippen LogP contribution >= 0.6 is 11.6 Å². The minimum Gasteiger partial charge on any atom is -0.444 e. The monoisotopic (exact) mass is 409 g/mol. The summed E-state index contributed by atoms with van der Waals surface area (Å²) in [6, 6.07) is 9.81. The minimum atomic E-state index is -0.486. The zero-order chi connectivity index (χ0) is 20.6. The Morgan fingerprint density at radius 2 is 1.93 bits per heavy atom. The molecule has 1 aliphatic rings. The third kappa shape index (κ3) is 4.15. The van der Waals surface area contributed by atoms with Crippen molar-refractivity contribution in [3.8, 4) is 5.69 Å². The number of ether oxygens (including phenoxy) is 1. The quantitative estimate of drug-likeness (QED) is 0.545. The van der Waals surface area contributed by atoms with Crippen molar-refractivity contribution in [3.05, 3.63) is 65.6 Å². The molecule has 4 rings (SSSR count). The molecule has 0 radical (unpaired) electrons. The summed E-state index contributed by atoms with van der Waals surface area (Å²) < 4.78 is 7.63. The molecule has 0 N–H and O–H groups in total. The first kappa shape index (κ1) is 19.5. The average Bonchev–Trinajstić information content (AvgIpc) is 3.07. The number of amides is 1. The van der Waals surface area contributed by atoms with E-state index in [1.54, 1.807) is 4.90 Å². The predicted molar refractivity (Wildman–Crippen MR) is 116 cm³/mol. The number of carbonyl (C=O) groups is 1. The van der Waals surface area contributed by atoms with Gasteiger partial charge in [-0.1, -0.05) is 17.7 Å². The van der Waals surface area contributed by atoms with Gasteiger partial charge in [-0.2, -0.15) is 0 Å². The van der Waals surface area contributed by atoms with Crippen molar-refractivity contribution in [2.75, 3.05) is 13.1 Å². The number of aromatic nitrogens is 2. The fraction of sp³-hybridized carbons (Fsp3) is 0.304. The number of carbonyl (C=O) groups excluding carboxylic acids is 1. The second-order valence-corrected chi connectivity index (χ2v) is 8.62. The number of rotatable bonds is 2. The molecule has 0 saturated heterocycles. The summed E-state index contributed by atoms with van der Waals surface area (Å²) in [5.41, 5.74) is 3.99. The Balaban J connectivity index is 1.65. The highest BCUT2D eigenvalue weighted by Gasteiger charge is 2.25. The highest BCUT2D eigenvalue weighted by Crippen LogP contribution is 2.32. The maximum Gasteiger partial charge on any atom is 0.410 e. The summed E-state index contributed by atoms with van der Waals surface area (Å²) >= 11 is 6.05. The van der Waals surface area contributed by atoms with Crippen molar-refractivity contribution in [2.24, 2.45) is 0 Å². The Morgan fingerprint density at radius 1 is 1.17 bits per heavy atom. The largest absolute Gasteiger partial charge is 0.444 e. The molecule has 0 saturated carbocycles. The summed E-state index contributed by atoms with van der Waals surface area (Å²) in [6.07, 6.45) is 8.47. The van der Waals surface area contributed by atoms with Gasteiger partial charge < -0.3 is 14.2 Å². The van der Waals surface area contributed by atoms with Gasteiger partial charge in [0.05, 0.1) is 11.7 Å². The van der Waals surface area contributed by atoms with Crippen LogP contribution in [-0.2, 0) is 4.74 Å². The molecule has 0 atom stereocenters. The van der Waals surface area contributed by atoms with Crippen molar-refractivity contribution < 1.29 is 9.53 Å². The van der Waals surface area contributed by atoms with Gasteiger partial charge in [-0.15, -0.1) is 0 Å². The number of benzene rings is 1. The number of nitrogens with zero attached hydrogens (tertiary/aromatic N) is 3. The summed E-state index contributed by atoms with van der Waals surface area (Å²) in [5.74, 6) is 0. The molecule has 0 unspecified atom stereocenters. The van der Waals surface area contributed by atoms with E-state index in [1.165, 1.54) is 11.1 Å². The Kier molecular flexibility index (Phi) is 5.09. The number of hydrogen-bond donors (Lipinski definition) is 0. The van der Waals surface area contributed by atoms with E-state index in [2.05, 4.69) is 21.8 Å². The molecule has 0 aliphatic carbocycles. The van der Waals surface area contributed by atoms with Gasteiger partial charge in [0.15, 0.2) is 0 Å². The molecule has 150 valence electrons. The zero-order valence-corrected chi connectivity index (χ0v) is 17.6. The normalized spacial score (nSPS) is 14.8. The van der Waals surface area contributed by atoms with Crippen LogP contribution in [0.2, 0.25) is 5.02 Å². The fourth-order valence-electron chi connectivity index (χ4n) is 3.55. The van der Waals surface area contributed by atoms with Crippen LogP contribution in [0.15, 0.2) is 55.0 Å². The Hall–Kier alpha value is -2.79. The highest BCUT2D eigenvalue weighted by atomic mass is 35.5. The highest BCUT2D eigenvalue weighted by molar-refractivity contribution is 6.30. The van der Waals surface area contributed by atoms with Crippen molar-refractivity contribution in [1.82, 2.24) is 14.5 Å². The number of halogens is 1. The van der Waals surface area contributed by atoms with Gasteiger partial charge in [0, 0.05) is 47.1 Å². The smallest absolute Gasteiger partial charge is 0.410 e. The molecule has 3 heterocycles. The maximum atomic E-state index is 12.3. The number of hydrogen-bond acceptors (Lipinski definition) is 3. The topological polar surface area (TPSA) is 47.4 Å². The molecule has 2 aromatic heterocycles. The first-order valence-electron chi connectivity index (χ1n) is 9.70. The predicted octanol–water partition coefficient (Wildman–Crippen LogP) is 5.70. The summed E-state index contributed by atoms with van der Waals surface area (Å²) in [4.78, 5) is 18.4. The standard InChI is InChI=1S/C23H24ClN3O2/c1-23(2,3)29-22(28)26-12-9-16(10-13-26)20-15-27(18-6-4-17(24)5-7-18)21-14-25-11-8-19(20)21/h4-9,11,14-15H,10,12-13H2,1-3H3. The van der Waals surface area contributed by atoms with Crippen LogP contribution in [0.25, 0.3) is 22.2 Å². The zero-order valence-electron chi connectivity index (χ0n) is 16.9. The van der Waals surface area contributed by atoms with Gasteiger partial charge in [0.2, 0.25) is 0 Å². The minimum absolute atomic E-state index is 0.263. The van der Waals surface area contributed by atoms with E-state index >= 15 is 0 Å². The molecule has 1 aromatic carbocycles. The Bertz CT molecular complexity index is 1080. The van der Waals surface area contributed by atoms with Gasteiger partial charge in [-0.3, -0.25) is 4.98 Å². The van der Waals surface area contributed by atoms with Gasteiger partial charge in [-0.25, -0.2) is 4.79 Å². The average molecular weight is 410 g/mol. The van der Waals surface area contributed by atoms with Gasteiger partial charge in [0.25, 0.3) is 0 Å². The molecule has 0 bridgehead atoms. The van der Waals surface area contributed by atoms with Crippen LogP contribution in [0.1, 0.15) is 32.8 Å². The first-order chi connectivity index (χ1) is 13.8. The lowest BCUT2D eigenvalue weighted by Crippen LogP contribution is -2.39. The lowest BCUT2D eigenvalue weighted by molar-refractivity contribution is 0.0270. The van der Waals surface area contributed by atoms with Crippen LogP contribution in [0.3, 0.4) is 0 Å². The second kappa shape index (κ2) is 7.56. The van der Waals surface area contributed by atoms with Crippen molar-refractivity contribution >= 4 is 34.2 Å². The maximum absolute atomic E-state index is 12.3. The van der Waals surface area contributed by atoms with Crippen LogP contribution in [0.4, 0.5) is 4.79 Å². The van der Waals surface area contributed by atoms with Crippen LogP contribution in [0.5, 0.6) is 0 Å². The molecular formula is C23H24ClN3O2. The molecule has 1 aliphatic heterocycles. The number of fused-ring (bicyclic) bond motifs is 1. The summed E-state index contributed by atoms with van der Waals surface area (Å²) in [6.45, 7) is 6.84. The third-order valence-electron chi connectivity index (χ3n) is 4.92. The van der Waals surface area contributed by atoms with Crippen molar-refractivity contribution in [1.29, 1.82) is 0 Å². The van der Waals surface area contributed by atoms with E-state index in [4.69, 9.17) is 16.3 Å². The number of pyridine rings is 1. The molecule has 6 heteroatoms. The van der Waals surface area contributed by atoms with E-state index in [9.17, 15) is 4.79 Å². The van der Waals surface area contributed by atoms with E-state index in [0.29, 0.717) is 18.1 Å². The first-order valence-corrected chi connectivity index (χ1v) is 10.1. The van der Waals surface area contributed by atoms with Crippen LogP contribution in [0, 0.1) is 0 Å². The van der Waals surface area contributed by atoms with Crippen molar-refractivity contribution in [2.45, 2.75) is 32.8 Å². The molecule has 1 amide bonds. The van der Waals surface area contributed by atoms with E-state index in [-0.39, 0.29) is 6.09 Å². The second-order valence-electron chi connectivity index (χ2n) is 8.19. The third-order valence-corrected chi connectivity index (χ3v) is 5.17. The SMILES string of the molecule is CC(C)(C)OC(=O)N1CC=C(c2cn(-c3ccc(Cl)cc3)c3cnccc23)CC1. The van der Waals surface area contributed by atoms with Gasteiger partial charge in [-0.05, 0) is 63.1 Å². The lowest BCUT2D eigenvalue weighted by atomic mass is 9.99. The van der Waals surface area contributed by atoms with E-state index in [0.717, 1.165) is 23.0 Å². The Morgan fingerprint density at radius 3 is 2.59 bits per heavy atom. The van der Waals surface area contributed by atoms with E-state index in [1.807, 2.05) is 63.5 Å². The summed E-state index contributed by atoms with van der Waals surface area (Å²) in [5, 5.41) is 1.85. The molecule has 3 aromatic rings. The fourth-order valence-corrected chi connectivity index (χ4v) is 3.68. The molecule has 0 spiro atoms. The lowest BCUT2D eigenvalue weighted by Gasteiger charge is -2.29. The van der Waals surface area contributed by atoms with Gasteiger partial charge >= 0.3 is 6.09 Å². The van der Waals surface area contributed by atoms with Crippen molar-refractivity contribution in [3.63, 3.8) is 0 Å². The van der Waals surface area contributed by atoms with Crippen LogP contribution in [-0.4, -0.2) is 39.2 Å². The molecule has 0 fully saturated rings. The van der Waals surface area contributed by atoms with Gasteiger partial charge in [0.1, 0.15) is 5.60 Å². The van der Waals surface area contributed by atoms with Crippen LogP contribution < -0.4 is 0 Å².